The topological polar surface area (TPSA) is 83.7 Å². The second kappa shape index (κ2) is 6.15. The van der Waals surface area contributed by atoms with E-state index in [1.165, 1.54) is 0 Å². The molecule has 0 fully saturated rings. The molecule has 0 bridgehead atoms. The lowest BCUT2D eigenvalue weighted by Gasteiger charge is -2.12. The standard InChI is InChI=1S/C16H9ClFN3O2S/c17-16-15(20-12-3-1-2-4-13(12)21-16)14(9-19)24(22,23)11-7-5-10(18)6-8-11/h1-8,14H/t14-/m1/s1. The van der Waals surface area contributed by atoms with E-state index in [2.05, 4.69) is 9.97 Å². The minimum atomic E-state index is -4.13. The first kappa shape index (κ1) is 16.3. The van der Waals surface area contributed by atoms with Gasteiger partial charge in [0.05, 0.1) is 22.0 Å². The molecule has 0 aliphatic heterocycles. The summed E-state index contributed by atoms with van der Waals surface area (Å²) in [5.74, 6) is -0.578. The van der Waals surface area contributed by atoms with Gasteiger partial charge in [-0.05, 0) is 36.4 Å². The SMILES string of the molecule is N#C[C@H](c1nc2ccccc2nc1Cl)S(=O)(=O)c1ccc(F)cc1. The van der Waals surface area contributed by atoms with Crippen molar-refractivity contribution in [2.24, 2.45) is 0 Å². The maximum absolute atomic E-state index is 13.0. The molecule has 120 valence electrons. The summed E-state index contributed by atoms with van der Waals surface area (Å²) in [6, 6.07) is 12.7. The summed E-state index contributed by atoms with van der Waals surface area (Å²) in [5.41, 5.74) is 0.760. The number of fused-ring (bicyclic) bond motifs is 1. The summed E-state index contributed by atoms with van der Waals surface area (Å²) in [6.45, 7) is 0. The van der Waals surface area contributed by atoms with E-state index in [1.807, 2.05) is 0 Å². The van der Waals surface area contributed by atoms with E-state index in [0.29, 0.717) is 11.0 Å². The fourth-order valence-electron chi connectivity index (χ4n) is 2.20. The molecule has 3 aromatic rings. The maximum Gasteiger partial charge on any atom is 0.200 e. The Kier molecular flexibility index (Phi) is 4.18. The number of sulfone groups is 1. The molecule has 2 aromatic carbocycles. The third kappa shape index (κ3) is 2.82. The number of aromatic nitrogens is 2. The molecule has 0 radical (unpaired) electrons. The number of benzene rings is 2. The number of nitrogens with zero attached hydrogens (tertiary/aromatic N) is 3. The van der Waals surface area contributed by atoms with Gasteiger partial charge in [-0.25, -0.2) is 22.8 Å². The molecule has 0 aliphatic carbocycles. The first-order valence-electron chi connectivity index (χ1n) is 6.75. The van der Waals surface area contributed by atoms with E-state index < -0.39 is 20.9 Å². The molecule has 1 atom stereocenters. The summed E-state index contributed by atoms with van der Waals surface area (Å²) in [7, 11) is -4.13. The van der Waals surface area contributed by atoms with Crippen LogP contribution >= 0.6 is 11.6 Å². The van der Waals surface area contributed by atoms with Crippen molar-refractivity contribution in [2.75, 3.05) is 0 Å². The van der Waals surface area contributed by atoms with Gasteiger partial charge in [-0.1, -0.05) is 23.7 Å². The molecule has 24 heavy (non-hydrogen) atoms. The molecule has 3 rings (SSSR count). The van der Waals surface area contributed by atoms with Crippen molar-refractivity contribution in [3.05, 3.63) is 65.2 Å². The third-order valence-corrected chi connectivity index (χ3v) is 5.53. The van der Waals surface area contributed by atoms with Crippen molar-refractivity contribution >= 4 is 32.5 Å². The molecule has 0 aliphatic rings. The molecular weight excluding hydrogens is 353 g/mol. The van der Waals surface area contributed by atoms with Crippen molar-refractivity contribution in [3.8, 4) is 6.07 Å². The predicted octanol–water partition coefficient (Wildman–Crippen LogP) is 3.46. The van der Waals surface area contributed by atoms with Crippen LogP contribution in [0.25, 0.3) is 11.0 Å². The van der Waals surface area contributed by atoms with Gasteiger partial charge in [-0.3, -0.25) is 0 Å². The first-order valence-corrected chi connectivity index (χ1v) is 8.67. The fourth-order valence-corrected chi connectivity index (χ4v) is 3.89. The van der Waals surface area contributed by atoms with Crippen LogP contribution in [0.4, 0.5) is 4.39 Å². The lowest BCUT2D eigenvalue weighted by Crippen LogP contribution is -2.15. The highest BCUT2D eigenvalue weighted by molar-refractivity contribution is 7.92. The van der Waals surface area contributed by atoms with Gasteiger partial charge in [0.25, 0.3) is 0 Å². The van der Waals surface area contributed by atoms with Crippen molar-refractivity contribution in [1.82, 2.24) is 9.97 Å². The minimum Gasteiger partial charge on any atom is -0.245 e. The second-order valence-electron chi connectivity index (χ2n) is 4.90. The Bertz CT molecular complexity index is 1060. The highest BCUT2D eigenvalue weighted by atomic mass is 35.5. The van der Waals surface area contributed by atoms with Gasteiger partial charge in [0, 0.05) is 0 Å². The highest BCUT2D eigenvalue weighted by Gasteiger charge is 2.33. The van der Waals surface area contributed by atoms with E-state index in [4.69, 9.17) is 11.6 Å². The van der Waals surface area contributed by atoms with E-state index in [-0.39, 0.29) is 15.7 Å². The number of halogens is 2. The average molecular weight is 362 g/mol. The van der Waals surface area contributed by atoms with Gasteiger partial charge >= 0.3 is 0 Å². The van der Waals surface area contributed by atoms with Gasteiger partial charge in [-0.2, -0.15) is 5.26 Å². The van der Waals surface area contributed by atoms with E-state index in [1.54, 1.807) is 30.3 Å². The zero-order valence-electron chi connectivity index (χ0n) is 12.0. The van der Waals surface area contributed by atoms with Crippen LogP contribution in [0.5, 0.6) is 0 Å². The van der Waals surface area contributed by atoms with Gasteiger partial charge in [0.15, 0.2) is 10.4 Å². The monoisotopic (exact) mass is 361 g/mol. The largest absolute Gasteiger partial charge is 0.245 e. The average Bonchev–Trinajstić information content (AvgIpc) is 2.56. The van der Waals surface area contributed by atoms with Crippen LogP contribution in [0.15, 0.2) is 53.4 Å². The second-order valence-corrected chi connectivity index (χ2v) is 7.29. The maximum atomic E-state index is 13.0. The lowest BCUT2D eigenvalue weighted by atomic mass is 10.2. The van der Waals surface area contributed by atoms with E-state index >= 15 is 0 Å². The molecule has 1 heterocycles. The van der Waals surface area contributed by atoms with Crippen molar-refractivity contribution in [1.29, 1.82) is 5.26 Å². The Balaban J connectivity index is 2.17. The van der Waals surface area contributed by atoms with Crippen LogP contribution in [0.1, 0.15) is 10.9 Å². The number of rotatable bonds is 3. The molecule has 8 heteroatoms. The Hall–Kier alpha value is -2.56. The molecule has 0 unspecified atom stereocenters. The zero-order valence-corrected chi connectivity index (χ0v) is 13.6. The lowest BCUT2D eigenvalue weighted by molar-refractivity contribution is 0.589. The van der Waals surface area contributed by atoms with Crippen LogP contribution in [-0.4, -0.2) is 18.4 Å². The number of hydrogen-bond donors (Lipinski definition) is 0. The molecule has 0 saturated heterocycles. The highest BCUT2D eigenvalue weighted by Crippen LogP contribution is 2.32. The van der Waals surface area contributed by atoms with E-state index in [9.17, 15) is 18.1 Å². The predicted molar refractivity (Wildman–Crippen MR) is 86.5 cm³/mol. The summed E-state index contributed by atoms with van der Waals surface area (Å²) >= 11 is 6.05. The summed E-state index contributed by atoms with van der Waals surface area (Å²) in [5, 5.41) is 7.59. The molecule has 0 N–H and O–H groups in total. The van der Waals surface area contributed by atoms with Crippen molar-refractivity contribution in [2.45, 2.75) is 10.1 Å². The van der Waals surface area contributed by atoms with Gasteiger partial charge in [0.1, 0.15) is 11.5 Å². The summed E-state index contributed by atoms with van der Waals surface area (Å²) in [6.07, 6.45) is 0. The zero-order chi connectivity index (χ0) is 17.3. The Morgan fingerprint density at radius 1 is 1.04 bits per heavy atom. The molecule has 1 aromatic heterocycles. The normalized spacial score (nSPS) is 12.7. The van der Waals surface area contributed by atoms with Crippen LogP contribution < -0.4 is 0 Å². The Morgan fingerprint density at radius 3 is 2.21 bits per heavy atom. The Morgan fingerprint density at radius 2 is 1.62 bits per heavy atom. The quantitative estimate of drug-likeness (QED) is 0.667. The first-order chi connectivity index (χ1) is 11.4. The number of hydrogen-bond acceptors (Lipinski definition) is 5. The van der Waals surface area contributed by atoms with Gasteiger partial charge < -0.3 is 0 Å². The summed E-state index contributed by atoms with van der Waals surface area (Å²) < 4.78 is 38.4. The Labute approximate surface area is 142 Å². The van der Waals surface area contributed by atoms with Crippen molar-refractivity contribution < 1.29 is 12.8 Å². The van der Waals surface area contributed by atoms with Crippen LogP contribution in [-0.2, 0) is 9.84 Å². The molecule has 5 nitrogen and oxygen atoms in total. The molecular formula is C16H9ClFN3O2S. The number of nitriles is 1. The summed E-state index contributed by atoms with van der Waals surface area (Å²) in [4.78, 5) is 8.09. The van der Waals surface area contributed by atoms with Gasteiger partial charge in [-0.15, -0.1) is 0 Å². The van der Waals surface area contributed by atoms with Crippen LogP contribution in [0.3, 0.4) is 0 Å². The smallest absolute Gasteiger partial charge is 0.200 e. The van der Waals surface area contributed by atoms with Crippen LogP contribution in [0, 0.1) is 17.1 Å². The van der Waals surface area contributed by atoms with Gasteiger partial charge in [0.2, 0.25) is 9.84 Å². The molecule has 0 saturated carbocycles. The number of para-hydroxylation sites is 2. The molecule has 0 spiro atoms. The third-order valence-electron chi connectivity index (χ3n) is 3.37. The van der Waals surface area contributed by atoms with Crippen molar-refractivity contribution in [3.63, 3.8) is 0 Å². The fraction of sp³-hybridized carbons (Fsp3) is 0.0625. The van der Waals surface area contributed by atoms with Crippen LogP contribution in [0.2, 0.25) is 5.15 Å². The van der Waals surface area contributed by atoms with E-state index in [0.717, 1.165) is 24.3 Å². The molecule has 0 amide bonds. The minimum absolute atomic E-state index is 0.151.